The molecule has 106 valence electrons. The monoisotopic (exact) mass is 276 g/mol. The Hall–Kier alpha value is -0.760. The Morgan fingerprint density at radius 3 is 2.17 bits per heavy atom. The molecule has 1 rings (SSSR count). The van der Waals surface area contributed by atoms with Crippen molar-refractivity contribution in [3.8, 4) is 0 Å². The van der Waals surface area contributed by atoms with E-state index < -0.39 is 30.4 Å². The lowest BCUT2D eigenvalue weighted by Crippen LogP contribution is -2.49. The summed E-state index contributed by atoms with van der Waals surface area (Å²) in [4.78, 5) is 0.988. The van der Waals surface area contributed by atoms with E-state index >= 15 is 0 Å². The molecule has 8 heteroatoms. The van der Waals surface area contributed by atoms with Crippen molar-refractivity contribution in [1.29, 1.82) is 0 Å². The zero-order valence-electron chi connectivity index (χ0n) is 9.48. The molecule has 18 heavy (non-hydrogen) atoms. The van der Waals surface area contributed by atoms with Gasteiger partial charge in [0.15, 0.2) is 0 Å². The molecule has 0 spiro atoms. The first-order valence-electron chi connectivity index (χ1n) is 5.43. The predicted molar refractivity (Wildman–Crippen MR) is 53.8 cm³/mol. The van der Waals surface area contributed by atoms with E-state index in [-0.39, 0.29) is 26.1 Å². The Kier molecular flexibility index (Phi) is 4.66. The van der Waals surface area contributed by atoms with Crippen molar-refractivity contribution in [1.82, 2.24) is 4.90 Å². The van der Waals surface area contributed by atoms with Crippen molar-refractivity contribution >= 4 is 0 Å². The fourth-order valence-corrected chi connectivity index (χ4v) is 1.94. The van der Waals surface area contributed by atoms with Gasteiger partial charge in [0.05, 0.1) is 0 Å². The number of hydrogen-bond acceptors (Lipinski definition) is 2. The van der Waals surface area contributed by atoms with Crippen molar-refractivity contribution in [2.45, 2.75) is 31.2 Å². The van der Waals surface area contributed by atoms with Crippen LogP contribution in [0.4, 0.5) is 26.3 Å². The molecular formula is C10H14F6N2. The standard InChI is InChI=1S/C10H14F6N2/c11-9(12,13)7-2-5-18(6-3-7)8(1-4-17)10(14,15)16/h2,8H,1,3-6,17H2. The van der Waals surface area contributed by atoms with Gasteiger partial charge in [-0.2, -0.15) is 26.3 Å². The highest BCUT2D eigenvalue weighted by atomic mass is 19.4. The van der Waals surface area contributed by atoms with Gasteiger partial charge in [0.1, 0.15) is 6.04 Å². The molecule has 0 radical (unpaired) electrons. The van der Waals surface area contributed by atoms with Crippen molar-refractivity contribution in [2.75, 3.05) is 19.6 Å². The topological polar surface area (TPSA) is 29.3 Å². The van der Waals surface area contributed by atoms with Crippen LogP contribution >= 0.6 is 0 Å². The lowest BCUT2D eigenvalue weighted by atomic mass is 10.0. The molecule has 0 aromatic heterocycles. The quantitative estimate of drug-likeness (QED) is 0.634. The Balaban J connectivity index is 2.73. The number of rotatable bonds is 3. The summed E-state index contributed by atoms with van der Waals surface area (Å²) in [5.74, 6) is 0. The van der Waals surface area contributed by atoms with Crippen LogP contribution in [0.5, 0.6) is 0 Å². The van der Waals surface area contributed by atoms with Gasteiger partial charge in [-0.15, -0.1) is 0 Å². The Bertz CT molecular complexity index is 306. The minimum Gasteiger partial charge on any atom is -0.330 e. The fourth-order valence-electron chi connectivity index (χ4n) is 1.94. The summed E-state index contributed by atoms with van der Waals surface area (Å²) in [6, 6.07) is -1.77. The van der Waals surface area contributed by atoms with Gasteiger partial charge in [0, 0.05) is 18.7 Å². The van der Waals surface area contributed by atoms with Crippen molar-refractivity contribution in [3.05, 3.63) is 11.6 Å². The Morgan fingerprint density at radius 1 is 1.22 bits per heavy atom. The molecule has 0 saturated heterocycles. The molecule has 2 nitrogen and oxygen atoms in total. The number of hydrogen-bond donors (Lipinski definition) is 1. The van der Waals surface area contributed by atoms with Crippen LogP contribution in [0.25, 0.3) is 0 Å². The fraction of sp³-hybridized carbons (Fsp3) is 0.800. The molecule has 0 aromatic carbocycles. The Morgan fingerprint density at radius 2 is 1.83 bits per heavy atom. The molecule has 0 bridgehead atoms. The number of nitrogens with zero attached hydrogens (tertiary/aromatic N) is 1. The second-order valence-corrected chi connectivity index (χ2v) is 4.11. The molecule has 0 saturated carbocycles. The Labute approximate surface area is 100 Å². The third kappa shape index (κ3) is 3.88. The van der Waals surface area contributed by atoms with E-state index in [4.69, 9.17) is 5.73 Å². The van der Waals surface area contributed by atoms with Crippen LogP contribution in [-0.4, -0.2) is 42.9 Å². The maximum atomic E-state index is 12.7. The molecule has 1 unspecified atom stereocenters. The van der Waals surface area contributed by atoms with Crippen LogP contribution < -0.4 is 5.73 Å². The molecule has 0 aromatic rings. The summed E-state index contributed by atoms with van der Waals surface area (Å²) in [5.41, 5.74) is 4.35. The van der Waals surface area contributed by atoms with Crippen LogP contribution in [0.15, 0.2) is 11.6 Å². The van der Waals surface area contributed by atoms with E-state index in [1.54, 1.807) is 0 Å². The average Bonchev–Trinajstić information content (AvgIpc) is 2.23. The van der Waals surface area contributed by atoms with Crippen molar-refractivity contribution in [2.24, 2.45) is 5.73 Å². The molecule has 1 aliphatic rings. The van der Waals surface area contributed by atoms with E-state index in [1.165, 1.54) is 0 Å². The lowest BCUT2D eigenvalue weighted by Gasteiger charge is -2.35. The SMILES string of the molecule is NCCC(N1CC=C(C(F)(F)F)CC1)C(F)(F)F. The molecule has 0 amide bonds. The van der Waals surface area contributed by atoms with Crippen molar-refractivity contribution < 1.29 is 26.3 Å². The highest BCUT2D eigenvalue weighted by Crippen LogP contribution is 2.33. The van der Waals surface area contributed by atoms with Gasteiger partial charge in [0.25, 0.3) is 0 Å². The summed E-state index contributed by atoms with van der Waals surface area (Å²) < 4.78 is 75.0. The van der Waals surface area contributed by atoms with E-state index in [9.17, 15) is 26.3 Å². The highest BCUT2D eigenvalue weighted by molar-refractivity contribution is 5.13. The number of alkyl halides is 6. The van der Waals surface area contributed by atoms with Gasteiger partial charge in [-0.1, -0.05) is 6.08 Å². The van der Waals surface area contributed by atoms with Crippen LogP contribution in [0.3, 0.4) is 0 Å². The van der Waals surface area contributed by atoms with Gasteiger partial charge < -0.3 is 5.73 Å². The van der Waals surface area contributed by atoms with Crippen LogP contribution in [-0.2, 0) is 0 Å². The normalized spacial score (nSPS) is 20.7. The zero-order valence-corrected chi connectivity index (χ0v) is 9.48. The van der Waals surface area contributed by atoms with Crippen LogP contribution in [0.2, 0.25) is 0 Å². The van der Waals surface area contributed by atoms with Gasteiger partial charge in [-0.05, 0) is 19.4 Å². The van der Waals surface area contributed by atoms with Gasteiger partial charge >= 0.3 is 12.4 Å². The maximum Gasteiger partial charge on any atom is 0.412 e. The molecule has 0 fully saturated rings. The molecule has 1 aliphatic heterocycles. The first-order chi connectivity index (χ1) is 8.16. The summed E-state index contributed by atoms with van der Waals surface area (Å²) in [5, 5.41) is 0. The van der Waals surface area contributed by atoms with Crippen LogP contribution in [0.1, 0.15) is 12.8 Å². The van der Waals surface area contributed by atoms with E-state index in [1.807, 2.05) is 0 Å². The summed E-state index contributed by atoms with van der Waals surface area (Å²) in [6.07, 6.45) is -8.82. The minimum atomic E-state index is -4.47. The number of nitrogens with two attached hydrogens (primary N) is 1. The highest BCUT2D eigenvalue weighted by Gasteiger charge is 2.44. The van der Waals surface area contributed by atoms with Gasteiger partial charge in [-0.25, -0.2) is 0 Å². The second-order valence-electron chi connectivity index (χ2n) is 4.11. The molecule has 1 heterocycles. The van der Waals surface area contributed by atoms with Gasteiger partial charge in [-0.3, -0.25) is 4.90 Å². The second kappa shape index (κ2) is 5.48. The van der Waals surface area contributed by atoms with E-state index in [2.05, 4.69) is 0 Å². The number of halogens is 6. The third-order valence-electron chi connectivity index (χ3n) is 2.86. The molecule has 2 N–H and O–H groups in total. The van der Waals surface area contributed by atoms with E-state index in [0.717, 1.165) is 11.0 Å². The molecule has 1 atom stereocenters. The average molecular weight is 276 g/mol. The first kappa shape index (κ1) is 15.3. The summed E-state index contributed by atoms with van der Waals surface area (Å²) in [6.45, 7) is -0.759. The lowest BCUT2D eigenvalue weighted by molar-refractivity contribution is -0.185. The zero-order chi connectivity index (χ0) is 14.0. The summed E-state index contributed by atoms with van der Waals surface area (Å²) in [7, 11) is 0. The van der Waals surface area contributed by atoms with Crippen LogP contribution in [0, 0.1) is 0 Å². The maximum absolute atomic E-state index is 12.7. The third-order valence-corrected chi connectivity index (χ3v) is 2.86. The van der Waals surface area contributed by atoms with Gasteiger partial charge in [0.2, 0.25) is 0 Å². The largest absolute Gasteiger partial charge is 0.412 e. The van der Waals surface area contributed by atoms with Crippen molar-refractivity contribution in [3.63, 3.8) is 0 Å². The predicted octanol–water partition coefficient (Wildman–Crippen LogP) is 2.46. The van der Waals surface area contributed by atoms with E-state index in [0.29, 0.717) is 0 Å². The molecule has 0 aliphatic carbocycles. The minimum absolute atomic E-state index is 0.156. The summed E-state index contributed by atoms with van der Waals surface area (Å²) >= 11 is 0. The smallest absolute Gasteiger partial charge is 0.330 e. The first-order valence-corrected chi connectivity index (χ1v) is 5.43. The molecular weight excluding hydrogens is 262 g/mol.